The molecule has 1 aliphatic rings. The molecule has 1 aliphatic carbocycles. The van der Waals surface area contributed by atoms with Crippen molar-refractivity contribution in [1.82, 2.24) is 0 Å². The summed E-state index contributed by atoms with van der Waals surface area (Å²) in [6, 6.07) is 0. The van der Waals surface area contributed by atoms with E-state index in [1.807, 2.05) is 0 Å². The van der Waals surface area contributed by atoms with E-state index in [4.69, 9.17) is 11.6 Å². The van der Waals surface area contributed by atoms with Gasteiger partial charge in [0.05, 0.1) is 13.2 Å². The van der Waals surface area contributed by atoms with E-state index in [-0.39, 0.29) is 0 Å². The summed E-state index contributed by atoms with van der Waals surface area (Å²) in [5.41, 5.74) is 0. The topological polar surface area (TPSA) is 46.5 Å². The molecule has 0 spiro atoms. The van der Waals surface area contributed by atoms with Gasteiger partial charge in [-0.2, -0.15) is 0 Å². The van der Waals surface area contributed by atoms with Crippen LogP contribution in [0, 0.1) is 5.92 Å². The molecule has 0 radical (unpaired) electrons. The first-order valence-electron chi connectivity index (χ1n) is 5.55. The third-order valence-electron chi connectivity index (χ3n) is 3.06. The van der Waals surface area contributed by atoms with E-state index in [0.29, 0.717) is 12.3 Å². The average Bonchev–Trinajstić information content (AvgIpc) is 2.28. The molecule has 0 aliphatic heterocycles. The summed E-state index contributed by atoms with van der Waals surface area (Å²) in [4.78, 5) is 11.1. The van der Waals surface area contributed by atoms with Crippen molar-refractivity contribution in [2.75, 3.05) is 7.11 Å². The Labute approximate surface area is 95.8 Å². The Morgan fingerprint density at radius 2 is 2.07 bits per heavy atom. The molecular formula is C11H19ClO3. The van der Waals surface area contributed by atoms with Crippen molar-refractivity contribution in [3.8, 4) is 0 Å². The lowest BCUT2D eigenvalue weighted by Crippen LogP contribution is -2.32. The van der Waals surface area contributed by atoms with Crippen molar-refractivity contribution in [2.24, 2.45) is 5.92 Å². The molecule has 0 aromatic rings. The van der Waals surface area contributed by atoms with Gasteiger partial charge < -0.3 is 9.84 Å². The molecule has 88 valence electrons. The largest absolute Gasteiger partial charge is 0.468 e. The summed E-state index contributed by atoms with van der Waals surface area (Å²) < 4.78 is 4.49. The van der Waals surface area contributed by atoms with Crippen LogP contribution in [-0.2, 0) is 9.53 Å². The van der Waals surface area contributed by atoms with Gasteiger partial charge in [0.15, 0.2) is 5.38 Å². The Morgan fingerprint density at radius 3 is 2.60 bits per heavy atom. The number of carbonyl (C=O) groups is 1. The molecule has 0 saturated heterocycles. The quantitative estimate of drug-likeness (QED) is 0.599. The number of aliphatic hydroxyl groups excluding tert-OH is 1. The third kappa shape index (κ3) is 3.99. The highest BCUT2D eigenvalue weighted by atomic mass is 35.5. The van der Waals surface area contributed by atoms with Gasteiger partial charge in [-0.25, -0.2) is 0 Å². The van der Waals surface area contributed by atoms with Crippen molar-refractivity contribution in [3.63, 3.8) is 0 Å². The molecule has 1 N–H and O–H groups in total. The van der Waals surface area contributed by atoms with Gasteiger partial charge >= 0.3 is 5.97 Å². The standard InChI is InChI=1S/C11H19ClO3/c1-15-11(14)10(12)9(13)7-8-5-3-2-4-6-8/h8-10,13H,2-7H2,1H3/t9-,10?/m1/s1. The van der Waals surface area contributed by atoms with Gasteiger partial charge in [0.25, 0.3) is 0 Å². The van der Waals surface area contributed by atoms with Crippen LogP contribution in [0.3, 0.4) is 0 Å². The zero-order valence-electron chi connectivity index (χ0n) is 9.12. The predicted octanol–water partition coefficient (Wildman–Crippen LogP) is 2.10. The van der Waals surface area contributed by atoms with Gasteiger partial charge in [0, 0.05) is 0 Å². The molecule has 0 bridgehead atoms. The minimum absolute atomic E-state index is 0.514. The highest BCUT2D eigenvalue weighted by Crippen LogP contribution is 2.28. The Morgan fingerprint density at radius 1 is 1.47 bits per heavy atom. The van der Waals surface area contributed by atoms with Crippen LogP contribution in [0.1, 0.15) is 38.5 Å². The number of alkyl halides is 1. The molecule has 1 unspecified atom stereocenters. The maximum atomic E-state index is 11.1. The number of hydrogen-bond acceptors (Lipinski definition) is 3. The molecule has 2 atom stereocenters. The lowest BCUT2D eigenvalue weighted by molar-refractivity contribution is -0.142. The van der Waals surface area contributed by atoms with Gasteiger partial charge in [-0.05, 0) is 12.3 Å². The maximum absolute atomic E-state index is 11.1. The van der Waals surface area contributed by atoms with Gasteiger partial charge in [-0.15, -0.1) is 11.6 Å². The first kappa shape index (κ1) is 12.8. The summed E-state index contributed by atoms with van der Waals surface area (Å²) in [6.07, 6.45) is 5.86. The first-order chi connectivity index (χ1) is 7.15. The van der Waals surface area contributed by atoms with E-state index >= 15 is 0 Å². The average molecular weight is 235 g/mol. The second kappa shape index (κ2) is 6.33. The number of halogens is 1. The smallest absolute Gasteiger partial charge is 0.326 e. The maximum Gasteiger partial charge on any atom is 0.326 e. The molecule has 1 saturated carbocycles. The van der Waals surface area contributed by atoms with Crippen LogP contribution in [0.4, 0.5) is 0 Å². The summed E-state index contributed by atoms with van der Waals surface area (Å²) >= 11 is 5.78. The summed E-state index contributed by atoms with van der Waals surface area (Å²) in [5, 5.41) is 8.82. The fraction of sp³-hybridized carbons (Fsp3) is 0.909. The van der Waals surface area contributed by atoms with E-state index in [1.165, 1.54) is 26.4 Å². The molecule has 0 heterocycles. The minimum atomic E-state index is -0.920. The number of carbonyl (C=O) groups excluding carboxylic acids is 1. The van der Waals surface area contributed by atoms with Gasteiger partial charge in [0.2, 0.25) is 0 Å². The van der Waals surface area contributed by atoms with Crippen LogP contribution in [-0.4, -0.2) is 29.7 Å². The highest BCUT2D eigenvalue weighted by molar-refractivity contribution is 6.30. The van der Waals surface area contributed by atoms with Crippen LogP contribution >= 0.6 is 11.6 Å². The van der Waals surface area contributed by atoms with Crippen LogP contribution in [0.15, 0.2) is 0 Å². The number of rotatable bonds is 4. The van der Waals surface area contributed by atoms with Crippen LogP contribution in [0.25, 0.3) is 0 Å². The number of aliphatic hydroxyl groups is 1. The molecule has 4 heteroatoms. The van der Waals surface area contributed by atoms with Crippen molar-refractivity contribution < 1.29 is 14.6 Å². The minimum Gasteiger partial charge on any atom is -0.468 e. The second-order valence-electron chi connectivity index (χ2n) is 4.23. The Kier molecular flexibility index (Phi) is 5.40. The van der Waals surface area contributed by atoms with Crippen molar-refractivity contribution in [2.45, 2.75) is 50.0 Å². The Hall–Kier alpha value is -0.280. The number of methoxy groups -OCH3 is 1. The molecule has 0 aromatic heterocycles. The number of ether oxygens (including phenoxy) is 1. The van der Waals surface area contributed by atoms with E-state index < -0.39 is 17.5 Å². The molecule has 1 fully saturated rings. The van der Waals surface area contributed by atoms with E-state index in [1.54, 1.807) is 0 Å². The lowest BCUT2D eigenvalue weighted by Gasteiger charge is -2.25. The number of esters is 1. The normalized spacial score (nSPS) is 22.1. The summed E-state index contributed by atoms with van der Waals surface area (Å²) in [6.45, 7) is 0. The predicted molar refractivity (Wildman–Crippen MR) is 58.9 cm³/mol. The molecule has 0 amide bonds. The Balaban J connectivity index is 2.32. The molecule has 15 heavy (non-hydrogen) atoms. The van der Waals surface area contributed by atoms with Gasteiger partial charge in [0.1, 0.15) is 0 Å². The zero-order chi connectivity index (χ0) is 11.3. The summed E-state index contributed by atoms with van der Waals surface area (Å²) in [7, 11) is 1.28. The van der Waals surface area contributed by atoms with Crippen molar-refractivity contribution in [1.29, 1.82) is 0 Å². The molecular weight excluding hydrogens is 216 g/mol. The van der Waals surface area contributed by atoms with Crippen LogP contribution < -0.4 is 0 Å². The zero-order valence-corrected chi connectivity index (χ0v) is 9.87. The lowest BCUT2D eigenvalue weighted by atomic mass is 9.85. The monoisotopic (exact) mass is 234 g/mol. The second-order valence-corrected chi connectivity index (χ2v) is 4.70. The van der Waals surface area contributed by atoms with Crippen molar-refractivity contribution >= 4 is 17.6 Å². The molecule has 3 nitrogen and oxygen atoms in total. The molecule has 1 rings (SSSR count). The third-order valence-corrected chi connectivity index (χ3v) is 3.53. The highest BCUT2D eigenvalue weighted by Gasteiger charge is 2.28. The fourth-order valence-electron chi connectivity index (χ4n) is 2.15. The van der Waals surface area contributed by atoms with Crippen LogP contribution in [0.5, 0.6) is 0 Å². The van der Waals surface area contributed by atoms with Crippen LogP contribution in [0.2, 0.25) is 0 Å². The van der Waals surface area contributed by atoms with Gasteiger partial charge in [-0.3, -0.25) is 4.79 Å². The summed E-state index contributed by atoms with van der Waals surface area (Å²) in [5.74, 6) is -0.0281. The van der Waals surface area contributed by atoms with E-state index in [0.717, 1.165) is 12.8 Å². The van der Waals surface area contributed by atoms with E-state index in [9.17, 15) is 9.90 Å². The molecule has 0 aromatic carbocycles. The van der Waals surface area contributed by atoms with E-state index in [2.05, 4.69) is 4.74 Å². The van der Waals surface area contributed by atoms with Crippen molar-refractivity contribution in [3.05, 3.63) is 0 Å². The van der Waals surface area contributed by atoms with Gasteiger partial charge in [-0.1, -0.05) is 32.1 Å². The Bertz CT molecular complexity index is 202. The first-order valence-corrected chi connectivity index (χ1v) is 5.98. The number of hydrogen-bond donors (Lipinski definition) is 1. The fourth-order valence-corrected chi connectivity index (χ4v) is 2.35. The SMILES string of the molecule is COC(=O)C(Cl)[C@H](O)CC1CCCCC1.